The van der Waals surface area contributed by atoms with Crippen molar-refractivity contribution in [2.45, 2.75) is 37.4 Å². The Morgan fingerprint density at radius 3 is 2.71 bits per heavy atom. The number of nitrogens with one attached hydrogen (secondary N) is 1. The lowest BCUT2D eigenvalue weighted by molar-refractivity contribution is 0.196. The lowest BCUT2D eigenvalue weighted by atomic mass is 10.1. The number of sulfonamides is 1. The number of aliphatic hydroxyl groups is 1. The zero-order valence-corrected chi connectivity index (χ0v) is 17.2. The first-order valence-electron chi connectivity index (χ1n) is 9.44. The fourth-order valence-corrected chi connectivity index (χ4v) is 4.64. The van der Waals surface area contributed by atoms with Gasteiger partial charge in [0.15, 0.2) is 5.03 Å². The van der Waals surface area contributed by atoms with E-state index in [4.69, 9.17) is 9.84 Å². The molecule has 9 heteroatoms. The van der Waals surface area contributed by atoms with Gasteiger partial charge in [0.25, 0.3) is 10.0 Å². The van der Waals surface area contributed by atoms with Gasteiger partial charge in [-0.1, -0.05) is 12.1 Å². The van der Waals surface area contributed by atoms with Crippen molar-refractivity contribution < 1.29 is 18.3 Å². The first-order valence-corrected chi connectivity index (χ1v) is 10.9. The Labute approximate surface area is 166 Å². The molecule has 0 spiro atoms. The highest BCUT2D eigenvalue weighted by atomic mass is 32.2. The van der Waals surface area contributed by atoms with Crippen molar-refractivity contribution in [3.05, 3.63) is 41.9 Å². The summed E-state index contributed by atoms with van der Waals surface area (Å²) in [6.45, 7) is 4.47. The molecular formula is C19H28N4O4S. The second-order valence-electron chi connectivity index (χ2n) is 7.13. The van der Waals surface area contributed by atoms with Gasteiger partial charge >= 0.3 is 0 Å². The zero-order chi connectivity index (χ0) is 20.1. The fraction of sp³-hybridized carbons (Fsp3) is 0.526. The van der Waals surface area contributed by atoms with E-state index < -0.39 is 10.0 Å². The van der Waals surface area contributed by atoms with E-state index >= 15 is 0 Å². The molecule has 2 aromatic rings. The van der Waals surface area contributed by atoms with Gasteiger partial charge in [0.05, 0.1) is 6.61 Å². The largest absolute Gasteiger partial charge is 0.491 e. The number of ether oxygens (including phenoxy) is 1. The molecule has 28 heavy (non-hydrogen) atoms. The molecule has 1 aliphatic heterocycles. The normalized spacial score (nSPS) is 16.4. The summed E-state index contributed by atoms with van der Waals surface area (Å²) in [5.74, 6) is 1.42. The summed E-state index contributed by atoms with van der Waals surface area (Å²) in [5.41, 5.74) is 1.14. The van der Waals surface area contributed by atoms with Crippen LogP contribution in [0.2, 0.25) is 0 Å². The number of piperidine rings is 1. The molecule has 0 bridgehead atoms. The van der Waals surface area contributed by atoms with Crippen molar-refractivity contribution in [2.24, 2.45) is 7.05 Å². The maximum atomic E-state index is 12.5. The minimum Gasteiger partial charge on any atom is -0.491 e. The molecule has 3 rings (SSSR count). The van der Waals surface area contributed by atoms with E-state index in [1.165, 1.54) is 0 Å². The Balaban J connectivity index is 1.52. The van der Waals surface area contributed by atoms with Crippen molar-refractivity contribution >= 4 is 10.0 Å². The highest BCUT2D eigenvalue weighted by Crippen LogP contribution is 2.19. The van der Waals surface area contributed by atoms with Gasteiger partial charge in [-0.2, -0.15) is 0 Å². The number of benzene rings is 1. The summed E-state index contributed by atoms with van der Waals surface area (Å²) in [6, 6.07) is 7.76. The molecule has 1 fully saturated rings. The predicted octanol–water partition coefficient (Wildman–Crippen LogP) is 1.04. The van der Waals surface area contributed by atoms with E-state index in [0.717, 1.165) is 43.8 Å². The monoisotopic (exact) mass is 408 g/mol. The lowest BCUT2D eigenvalue weighted by Gasteiger charge is -2.32. The second-order valence-corrected chi connectivity index (χ2v) is 8.79. The lowest BCUT2D eigenvalue weighted by Crippen LogP contribution is -2.44. The average molecular weight is 409 g/mol. The SMILES string of the molecule is Cc1nc(S(=O)(=O)NC2CCN(Cc3cccc(OCCO)c3)CC2)cn1C. The van der Waals surface area contributed by atoms with Crippen LogP contribution in [0.1, 0.15) is 24.2 Å². The quantitative estimate of drug-likeness (QED) is 0.678. The van der Waals surface area contributed by atoms with E-state index in [0.29, 0.717) is 5.82 Å². The standard InChI is InChI=1S/C19H28N4O4S/c1-15-20-19(14-22(15)2)28(25,26)21-17-6-8-23(9-7-17)13-16-4-3-5-18(12-16)27-11-10-24/h3-5,12,14,17,21,24H,6-11,13H2,1-2H3. The summed E-state index contributed by atoms with van der Waals surface area (Å²) < 4.78 is 35.0. The van der Waals surface area contributed by atoms with Crippen LogP contribution in [0.4, 0.5) is 0 Å². The van der Waals surface area contributed by atoms with Crippen molar-refractivity contribution in [1.82, 2.24) is 19.2 Å². The van der Waals surface area contributed by atoms with Crippen molar-refractivity contribution in [3.63, 3.8) is 0 Å². The molecular weight excluding hydrogens is 380 g/mol. The van der Waals surface area contributed by atoms with Gasteiger partial charge < -0.3 is 14.4 Å². The second kappa shape index (κ2) is 9.04. The number of aliphatic hydroxyl groups excluding tert-OH is 1. The third-order valence-corrected chi connectivity index (χ3v) is 6.33. The molecule has 0 aliphatic carbocycles. The van der Waals surface area contributed by atoms with Crippen LogP contribution in [-0.2, 0) is 23.6 Å². The Morgan fingerprint density at radius 1 is 1.32 bits per heavy atom. The molecule has 0 amide bonds. The van der Waals surface area contributed by atoms with Crippen molar-refractivity contribution in [3.8, 4) is 5.75 Å². The summed E-state index contributed by atoms with van der Waals surface area (Å²) >= 11 is 0. The number of imidazole rings is 1. The molecule has 1 aliphatic rings. The van der Waals surface area contributed by atoms with Gasteiger partial charge in [0.1, 0.15) is 18.2 Å². The van der Waals surface area contributed by atoms with Crippen LogP contribution in [0.5, 0.6) is 5.75 Å². The van der Waals surface area contributed by atoms with Crippen LogP contribution in [-0.4, -0.2) is 60.3 Å². The summed E-state index contributed by atoms with van der Waals surface area (Å²) in [6.07, 6.45) is 3.05. The van der Waals surface area contributed by atoms with Gasteiger partial charge in [-0.05, 0) is 37.5 Å². The molecule has 2 heterocycles. The van der Waals surface area contributed by atoms with Crippen LogP contribution >= 0.6 is 0 Å². The number of aromatic nitrogens is 2. The van der Waals surface area contributed by atoms with Crippen LogP contribution in [0.15, 0.2) is 35.5 Å². The smallest absolute Gasteiger partial charge is 0.259 e. The van der Waals surface area contributed by atoms with Gasteiger partial charge in [0, 0.05) is 38.9 Å². The first kappa shape index (κ1) is 20.8. The minimum absolute atomic E-state index is 0.00822. The molecule has 8 nitrogen and oxygen atoms in total. The van der Waals surface area contributed by atoms with Gasteiger partial charge in [-0.15, -0.1) is 0 Å². The molecule has 0 radical (unpaired) electrons. The molecule has 0 atom stereocenters. The van der Waals surface area contributed by atoms with E-state index in [1.54, 1.807) is 24.7 Å². The van der Waals surface area contributed by atoms with E-state index in [2.05, 4.69) is 14.6 Å². The number of likely N-dealkylation sites (tertiary alicyclic amines) is 1. The van der Waals surface area contributed by atoms with Crippen LogP contribution in [0, 0.1) is 6.92 Å². The van der Waals surface area contributed by atoms with Crippen LogP contribution < -0.4 is 9.46 Å². The Morgan fingerprint density at radius 2 is 2.07 bits per heavy atom. The molecule has 0 saturated carbocycles. The van der Waals surface area contributed by atoms with E-state index in [-0.39, 0.29) is 24.3 Å². The van der Waals surface area contributed by atoms with E-state index in [1.807, 2.05) is 24.3 Å². The number of nitrogens with zero attached hydrogens (tertiary/aromatic N) is 3. The van der Waals surface area contributed by atoms with Crippen molar-refractivity contribution in [1.29, 1.82) is 0 Å². The molecule has 0 unspecified atom stereocenters. The predicted molar refractivity (Wildman–Crippen MR) is 106 cm³/mol. The van der Waals surface area contributed by atoms with Gasteiger partial charge in [-0.3, -0.25) is 4.90 Å². The summed E-state index contributed by atoms with van der Waals surface area (Å²) in [4.78, 5) is 6.43. The Hall–Kier alpha value is -1.94. The third-order valence-electron chi connectivity index (χ3n) is 4.94. The first-order chi connectivity index (χ1) is 13.4. The summed E-state index contributed by atoms with van der Waals surface area (Å²) in [7, 11) is -1.81. The minimum atomic E-state index is -3.59. The Kier molecular flexibility index (Phi) is 6.71. The van der Waals surface area contributed by atoms with Gasteiger partial charge in [0.2, 0.25) is 0 Å². The number of hydrogen-bond donors (Lipinski definition) is 2. The maximum absolute atomic E-state index is 12.5. The molecule has 2 N–H and O–H groups in total. The number of hydrogen-bond acceptors (Lipinski definition) is 6. The van der Waals surface area contributed by atoms with E-state index in [9.17, 15) is 8.42 Å². The molecule has 1 aromatic carbocycles. The molecule has 1 aromatic heterocycles. The molecule has 154 valence electrons. The molecule has 1 saturated heterocycles. The average Bonchev–Trinajstić information content (AvgIpc) is 3.01. The number of rotatable bonds is 8. The fourth-order valence-electron chi connectivity index (χ4n) is 3.30. The Bertz CT molecular complexity index is 870. The number of aryl methyl sites for hydroxylation is 2. The topological polar surface area (TPSA) is 96.7 Å². The highest BCUT2D eigenvalue weighted by molar-refractivity contribution is 7.89. The third kappa shape index (κ3) is 5.32. The van der Waals surface area contributed by atoms with Crippen molar-refractivity contribution in [2.75, 3.05) is 26.3 Å². The summed E-state index contributed by atoms with van der Waals surface area (Å²) in [5, 5.41) is 8.94. The van der Waals surface area contributed by atoms with Crippen LogP contribution in [0.25, 0.3) is 0 Å². The van der Waals surface area contributed by atoms with Gasteiger partial charge in [-0.25, -0.2) is 18.1 Å². The highest BCUT2D eigenvalue weighted by Gasteiger charge is 2.26. The maximum Gasteiger partial charge on any atom is 0.259 e. The zero-order valence-electron chi connectivity index (χ0n) is 16.3. The van der Waals surface area contributed by atoms with Crippen LogP contribution in [0.3, 0.4) is 0 Å².